The Morgan fingerprint density at radius 3 is 3.00 bits per heavy atom. The zero-order valence-electron chi connectivity index (χ0n) is 10.6. The number of ether oxygens (including phenoxy) is 1. The summed E-state index contributed by atoms with van der Waals surface area (Å²) in [7, 11) is 0. The van der Waals surface area contributed by atoms with Gasteiger partial charge in [-0.2, -0.15) is 0 Å². The molecule has 0 fully saturated rings. The van der Waals surface area contributed by atoms with Crippen molar-refractivity contribution in [3.05, 3.63) is 23.8 Å². The van der Waals surface area contributed by atoms with Crippen LogP contribution in [0, 0.1) is 0 Å². The molecule has 0 aliphatic carbocycles. The van der Waals surface area contributed by atoms with Crippen molar-refractivity contribution in [2.24, 2.45) is 0 Å². The van der Waals surface area contributed by atoms with Crippen molar-refractivity contribution in [2.45, 2.75) is 32.1 Å². The van der Waals surface area contributed by atoms with Gasteiger partial charge in [0.05, 0.1) is 18.7 Å². The van der Waals surface area contributed by atoms with Crippen molar-refractivity contribution in [1.82, 2.24) is 0 Å². The fraction of sp³-hybridized carbons (Fsp3) is 0.429. The molecule has 1 aromatic rings. The van der Waals surface area contributed by atoms with Gasteiger partial charge in [-0.15, -0.1) is 0 Å². The number of benzene rings is 1. The Morgan fingerprint density at radius 1 is 1.37 bits per heavy atom. The molecule has 1 amide bonds. The van der Waals surface area contributed by atoms with Gasteiger partial charge in [0, 0.05) is 6.42 Å². The van der Waals surface area contributed by atoms with Gasteiger partial charge in [0.25, 0.3) is 0 Å². The molecule has 1 heterocycles. The molecule has 1 aliphatic rings. The number of aliphatic carboxylic acids is 1. The molecule has 1 aromatic carbocycles. The van der Waals surface area contributed by atoms with Crippen LogP contribution in [-0.4, -0.2) is 23.6 Å². The highest BCUT2D eigenvalue weighted by Gasteiger charge is 2.13. The van der Waals surface area contributed by atoms with E-state index >= 15 is 0 Å². The summed E-state index contributed by atoms with van der Waals surface area (Å²) < 4.78 is 5.47. The third-order valence-electron chi connectivity index (χ3n) is 3.01. The molecule has 0 spiro atoms. The topological polar surface area (TPSA) is 75.6 Å². The number of anilines is 1. The van der Waals surface area contributed by atoms with Crippen LogP contribution in [0.4, 0.5) is 5.69 Å². The Labute approximate surface area is 111 Å². The number of aryl methyl sites for hydroxylation is 1. The first-order valence-electron chi connectivity index (χ1n) is 6.42. The lowest BCUT2D eigenvalue weighted by Gasteiger charge is -2.09. The largest absolute Gasteiger partial charge is 0.491 e. The number of carbonyl (C=O) groups is 2. The zero-order chi connectivity index (χ0) is 13.7. The van der Waals surface area contributed by atoms with Crippen LogP contribution in [0.1, 0.15) is 31.2 Å². The van der Waals surface area contributed by atoms with Crippen molar-refractivity contribution in [2.75, 3.05) is 11.9 Å². The van der Waals surface area contributed by atoms with Crippen LogP contribution in [0.25, 0.3) is 0 Å². The summed E-state index contributed by atoms with van der Waals surface area (Å²) in [6.45, 7) is 0.400. The van der Waals surface area contributed by atoms with Gasteiger partial charge in [-0.3, -0.25) is 9.59 Å². The van der Waals surface area contributed by atoms with Gasteiger partial charge in [-0.1, -0.05) is 6.07 Å². The lowest BCUT2D eigenvalue weighted by Crippen LogP contribution is -2.10. The number of fused-ring (bicyclic) bond motifs is 1. The highest BCUT2D eigenvalue weighted by molar-refractivity contribution is 5.93. The molecular weight excluding hydrogens is 246 g/mol. The van der Waals surface area contributed by atoms with Crippen molar-refractivity contribution >= 4 is 17.6 Å². The van der Waals surface area contributed by atoms with E-state index in [9.17, 15) is 9.59 Å². The summed E-state index contributed by atoms with van der Waals surface area (Å²) in [6, 6.07) is 5.71. The minimum atomic E-state index is -0.761. The first-order valence-corrected chi connectivity index (χ1v) is 6.42. The van der Waals surface area contributed by atoms with Gasteiger partial charge in [-0.05, 0) is 37.0 Å². The number of rotatable bonds is 5. The number of nitrogens with one attached hydrogen (secondary N) is 1. The van der Waals surface area contributed by atoms with E-state index in [4.69, 9.17) is 9.84 Å². The summed E-state index contributed by atoms with van der Waals surface area (Å²) in [5.41, 5.74) is 1.79. The maximum atomic E-state index is 11.4. The quantitative estimate of drug-likeness (QED) is 0.798. The van der Waals surface area contributed by atoms with E-state index in [0.29, 0.717) is 30.9 Å². The van der Waals surface area contributed by atoms with Gasteiger partial charge in [0.1, 0.15) is 5.75 Å². The highest BCUT2D eigenvalue weighted by Crippen LogP contribution is 2.28. The number of unbranched alkanes of at least 4 members (excludes halogenated alkanes) is 1. The van der Waals surface area contributed by atoms with E-state index in [1.54, 1.807) is 0 Å². The van der Waals surface area contributed by atoms with E-state index in [1.165, 1.54) is 0 Å². The standard InChI is InChI=1S/C14H17NO4/c16-13-7-8-19-12-6-5-10(9-11(12)15-13)3-1-2-4-14(17)18/h5-6,9H,1-4,7-8H2,(H,15,16)(H,17,18). The fourth-order valence-electron chi connectivity index (χ4n) is 2.03. The molecular formula is C14H17NO4. The van der Waals surface area contributed by atoms with Crippen LogP contribution >= 0.6 is 0 Å². The van der Waals surface area contributed by atoms with Crippen LogP contribution in [0.2, 0.25) is 0 Å². The van der Waals surface area contributed by atoms with Crippen LogP contribution in [0.15, 0.2) is 18.2 Å². The Hall–Kier alpha value is -2.04. The second-order valence-corrected chi connectivity index (χ2v) is 4.58. The maximum Gasteiger partial charge on any atom is 0.303 e. The molecule has 102 valence electrons. The van der Waals surface area contributed by atoms with Gasteiger partial charge in [0.2, 0.25) is 5.91 Å². The molecule has 0 saturated carbocycles. The summed E-state index contributed by atoms with van der Waals surface area (Å²) in [4.78, 5) is 21.8. The minimum Gasteiger partial charge on any atom is -0.491 e. The summed E-state index contributed by atoms with van der Waals surface area (Å²) in [5, 5.41) is 11.4. The fourth-order valence-corrected chi connectivity index (χ4v) is 2.03. The smallest absolute Gasteiger partial charge is 0.303 e. The molecule has 0 bridgehead atoms. The number of carboxylic acids is 1. The van der Waals surface area contributed by atoms with Gasteiger partial charge in [0.15, 0.2) is 0 Å². The number of hydrogen-bond acceptors (Lipinski definition) is 3. The lowest BCUT2D eigenvalue weighted by molar-refractivity contribution is -0.137. The predicted octanol–water partition coefficient (Wildman–Crippen LogP) is 2.21. The second-order valence-electron chi connectivity index (χ2n) is 4.58. The number of carbonyl (C=O) groups excluding carboxylic acids is 1. The van der Waals surface area contributed by atoms with Crippen LogP contribution in [0.3, 0.4) is 0 Å². The Balaban J connectivity index is 1.96. The van der Waals surface area contributed by atoms with E-state index < -0.39 is 5.97 Å². The summed E-state index contributed by atoms with van der Waals surface area (Å²) in [5.74, 6) is -0.107. The number of carboxylic acid groups (broad SMARTS) is 1. The van der Waals surface area contributed by atoms with Crippen molar-refractivity contribution in [1.29, 1.82) is 0 Å². The molecule has 5 heteroatoms. The van der Waals surface area contributed by atoms with Crippen molar-refractivity contribution in [3.63, 3.8) is 0 Å². The molecule has 0 radical (unpaired) electrons. The van der Waals surface area contributed by atoms with Crippen molar-refractivity contribution in [3.8, 4) is 5.75 Å². The predicted molar refractivity (Wildman–Crippen MR) is 70.4 cm³/mol. The van der Waals surface area contributed by atoms with Crippen LogP contribution in [-0.2, 0) is 16.0 Å². The second kappa shape index (κ2) is 6.22. The minimum absolute atomic E-state index is 0.0400. The molecule has 0 saturated heterocycles. The molecule has 0 atom stereocenters. The van der Waals surface area contributed by atoms with Gasteiger partial charge < -0.3 is 15.2 Å². The third kappa shape index (κ3) is 3.98. The Kier molecular flexibility index (Phi) is 4.39. The normalized spacial score (nSPS) is 14.0. The maximum absolute atomic E-state index is 11.4. The molecule has 19 heavy (non-hydrogen) atoms. The molecule has 2 N–H and O–H groups in total. The van der Waals surface area contributed by atoms with Gasteiger partial charge >= 0.3 is 5.97 Å². The number of amides is 1. The lowest BCUT2D eigenvalue weighted by atomic mass is 10.1. The average Bonchev–Trinajstić information content (AvgIpc) is 2.54. The van der Waals surface area contributed by atoms with Crippen LogP contribution < -0.4 is 10.1 Å². The van der Waals surface area contributed by atoms with Crippen LogP contribution in [0.5, 0.6) is 5.75 Å². The Morgan fingerprint density at radius 2 is 2.21 bits per heavy atom. The van der Waals surface area contributed by atoms with Gasteiger partial charge in [-0.25, -0.2) is 0 Å². The Bertz CT molecular complexity index is 484. The molecule has 2 rings (SSSR count). The SMILES string of the molecule is O=C(O)CCCCc1ccc2c(c1)NC(=O)CCO2. The van der Waals surface area contributed by atoms with E-state index in [2.05, 4.69) is 5.32 Å². The molecule has 0 aromatic heterocycles. The first-order chi connectivity index (χ1) is 9.15. The van der Waals surface area contributed by atoms with Crippen molar-refractivity contribution < 1.29 is 19.4 Å². The third-order valence-corrected chi connectivity index (χ3v) is 3.01. The molecule has 0 unspecified atom stereocenters. The highest BCUT2D eigenvalue weighted by atomic mass is 16.5. The summed E-state index contributed by atoms with van der Waals surface area (Å²) in [6.07, 6.45) is 2.85. The first kappa shape index (κ1) is 13.4. The molecule has 1 aliphatic heterocycles. The van der Waals surface area contributed by atoms with E-state index in [-0.39, 0.29) is 12.3 Å². The molecule has 5 nitrogen and oxygen atoms in total. The van der Waals surface area contributed by atoms with E-state index in [1.807, 2.05) is 18.2 Å². The zero-order valence-corrected chi connectivity index (χ0v) is 10.6. The average molecular weight is 263 g/mol. The monoisotopic (exact) mass is 263 g/mol. The van der Waals surface area contributed by atoms with E-state index in [0.717, 1.165) is 18.4 Å². The summed E-state index contributed by atoms with van der Waals surface area (Å²) >= 11 is 0. The number of hydrogen-bond donors (Lipinski definition) is 2.